The van der Waals surface area contributed by atoms with Crippen LogP contribution in [0.15, 0.2) is 85.0 Å². The third-order valence-corrected chi connectivity index (χ3v) is 7.63. The molecule has 3 aromatic carbocycles. The summed E-state index contributed by atoms with van der Waals surface area (Å²) in [5.74, 6) is 0.834. The fourth-order valence-electron chi connectivity index (χ4n) is 5.34. The molecule has 7 heteroatoms. The van der Waals surface area contributed by atoms with E-state index in [0.29, 0.717) is 28.6 Å². The molecule has 0 aliphatic heterocycles. The van der Waals surface area contributed by atoms with Crippen LogP contribution in [0.5, 0.6) is 11.5 Å². The number of hydrogen-bond acceptors (Lipinski definition) is 7. The Morgan fingerprint density at radius 1 is 0.750 bits per heavy atom. The minimum atomic E-state index is -0.458. The van der Waals surface area contributed by atoms with Crippen molar-refractivity contribution in [2.75, 3.05) is 26.4 Å². The minimum absolute atomic E-state index is 0.0371. The van der Waals surface area contributed by atoms with Crippen molar-refractivity contribution in [2.24, 2.45) is 0 Å². The van der Waals surface area contributed by atoms with E-state index in [1.807, 2.05) is 48.5 Å². The molecular weight excluding hydrogens is 556 g/mol. The summed E-state index contributed by atoms with van der Waals surface area (Å²) in [4.78, 5) is 24.3. The lowest BCUT2D eigenvalue weighted by Crippen LogP contribution is -2.14. The van der Waals surface area contributed by atoms with Crippen LogP contribution in [0.3, 0.4) is 0 Å². The highest BCUT2D eigenvalue weighted by Crippen LogP contribution is 2.41. The highest BCUT2D eigenvalue weighted by Gasteiger charge is 2.22. The normalized spacial score (nSPS) is 13.2. The molecule has 1 N–H and O–H groups in total. The molecule has 1 aliphatic carbocycles. The predicted octanol–water partition coefficient (Wildman–Crippen LogP) is 7.56. The molecule has 4 rings (SSSR count). The summed E-state index contributed by atoms with van der Waals surface area (Å²) in [6, 6.07) is 20.1. The van der Waals surface area contributed by atoms with Gasteiger partial charge in [-0.15, -0.1) is 0 Å². The van der Waals surface area contributed by atoms with E-state index in [0.717, 1.165) is 46.2 Å². The van der Waals surface area contributed by atoms with Crippen LogP contribution < -0.4 is 9.47 Å². The summed E-state index contributed by atoms with van der Waals surface area (Å²) in [5, 5.41) is 9.00. The zero-order chi connectivity index (χ0) is 31.5. The van der Waals surface area contributed by atoms with Crippen molar-refractivity contribution in [3.05, 3.63) is 96.1 Å². The van der Waals surface area contributed by atoms with Crippen LogP contribution in [0.2, 0.25) is 0 Å². The molecule has 232 valence electrons. The largest absolute Gasteiger partial charge is 0.491 e. The van der Waals surface area contributed by atoms with Crippen LogP contribution in [-0.2, 0) is 25.7 Å². The molecule has 7 nitrogen and oxygen atoms in total. The van der Waals surface area contributed by atoms with Crippen LogP contribution in [-0.4, -0.2) is 43.5 Å². The van der Waals surface area contributed by atoms with E-state index in [9.17, 15) is 9.59 Å². The van der Waals surface area contributed by atoms with E-state index in [1.54, 1.807) is 13.8 Å². The molecule has 0 radical (unpaired) electrons. The molecule has 0 aromatic heterocycles. The first-order valence-electron chi connectivity index (χ1n) is 15.2. The fourth-order valence-corrected chi connectivity index (χ4v) is 5.34. The molecule has 0 bridgehead atoms. The second-order valence-electron chi connectivity index (χ2n) is 11.2. The predicted molar refractivity (Wildman–Crippen MR) is 172 cm³/mol. The van der Waals surface area contributed by atoms with E-state index >= 15 is 0 Å². The van der Waals surface area contributed by atoms with Gasteiger partial charge in [0.1, 0.15) is 37.9 Å². The van der Waals surface area contributed by atoms with Gasteiger partial charge in [0, 0.05) is 22.3 Å². The van der Waals surface area contributed by atoms with Crippen molar-refractivity contribution in [3.63, 3.8) is 0 Å². The van der Waals surface area contributed by atoms with Crippen molar-refractivity contribution < 1.29 is 33.6 Å². The average molecular weight is 599 g/mol. The molecular formula is C37H42O7. The molecule has 0 unspecified atom stereocenters. The number of hydrogen-bond donors (Lipinski definition) is 1. The van der Waals surface area contributed by atoms with Crippen LogP contribution >= 0.6 is 0 Å². The number of carbonyl (C=O) groups is 2. The summed E-state index contributed by atoms with van der Waals surface area (Å²) in [6.07, 6.45) is 5.78. The van der Waals surface area contributed by atoms with Gasteiger partial charge < -0.3 is 24.1 Å². The van der Waals surface area contributed by atoms with Gasteiger partial charge >= 0.3 is 11.9 Å². The van der Waals surface area contributed by atoms with Gasteiger partial charge in [-0.1, -0.05) is 74.9 Å². The van der Waals surface area contributed by atoms with Gasteiger partial charge in [-0.2, -0.15) is 0 Å². The molecule has 0 spiro atoms. The standard InChI is InChI=1S/C37H42O7/c1-25(2)36(39)43-21-20-42-34-23-31(27-8-6-5-7-9-27)22-32(24-44-37(40)26(3)4)35(34)30-12-10-28(11-13-30)29-14-16-33(17-15-29)41-19-18-38/h10-17,22-23,27,38H,1,3,5-9,18-21,24H2,2,4H3. The Labute approximate surface area is 260 Å². The van der Waals surface area contributed by atoms with Gasteiger partial charge in [-0.25, -0.2) is 9.59 Å². The first-order valence-corrected chi connectivity index (χ1v) is 15.2. The topological polar surface area (TPSA) is 91.3 Å². The third kappa shape index (κ3) is 8.83. The van der Waals surface area contributed by atoms with Crippen LogP contribution in [0, 0.1) is 0 Å². The highest BCUT2D eigenvalue weighted by atomic mass is 16.6. The summed E-state index contributed by atoms with van der Waals surface area (Å²) >= 11 is 0. The number of esters is 2. The zero-order valence-corrected chi connectivity index (χ0v) is 25.7. The van der Waals surface area contributed by atoms with Gasteiger partial charge in [-0.3, -0.25) is 0 Å². The summed E-state index contributed by atoms with van der Waals surface area (Å²) in [5.41, 5.74) is 6.44. The number of aliphatic hydroxyl groups is 1. The van der Waals surface area contributed by atoms with Crippen LogP contribution in [0.1, 0.15) is 63.0 Å². The van der Waals surface area contributed by atoms with E-state index in [1.165, 1.54) is 19.3 Å². The van der Waals surface area contributed by atoms with Crippen LogP contribution in [0.4, 0.5) is 0 Å². The van der Waals surface area contributed by atoms with Crippen LogP contribution in [0.25, 0.3) is 22.3 Å². The number of benzene rings is 3. The van der Waals surface area contributed by atoms with Gasteiger partial charge in [0.05, 0.1) is 6.61 Å². The lowest BCUT2D eigenvalue weighted by molar-refractivity contribution is -0.140. The Hall–Kier alpha value is -4.36. The van der Waals surface area contributed by atoms with Crippen molar-refractivity contribution >= 4 is 11.9 Å². The molecule has 0 amide bonds. The van der Waals surface area contributed by atoms with E-state index in [2.05, 4.69) is 25.3 Å². The Bertz CT molecular complexity index is 1450. The fraction of sp³-hybridized carbons (Fsp3) is 0.351. The molecule has 1 fully saturated rings. The maximum absolute atomic E-state index is 12.4. The molecule has 0 saturated heterocycles. The Kier molecular flexibility index (Phi) is 11.8. The van der Waals surface area contributed by atoms with E-state index < -0.39 is 11.9 Å². The maximum atomic E-state index is 12.4. The smallest absolute Gasteiger partial charge is 0.333 e. The van der Waals surface area contributed by atoms with Gasteiger partial charge in [0.2, 0.25) is 0 Å². The van der Waals surface area contributed by atoms with E-state index in [4.69, 9.17) is 24.1 Å². The van der Waals surface area contributed by atoms with E-state index in [-0.39, 0.29) is 33.0 Å². The van der Waals surface area contributed by atoms with Gasteiger partial charge in [0.25, 0.3) is 0 Å². The first-order chi connectivity index (χ1) is 21.3. The molecule has 0 atom stereocenters. The summed E-state index contributed by atoms with van der Waals surface area (Å²) < 4.78 is 22.7. The first kappa shape index (κ1) is 32.6. The summed E-state index contributed by atoms with van der Waals surface area (Å²) in [7, 11) is 0. The minimum Gasteiger partial charge on any atom is -0.491 e. The Balaban J connectivity index is 1.69. The second kappa shape index (κ2) is 15.9. The second-order valence-corrected chi connectivity index (χ2v) is 11.2. The van der Waals surface area contributed by atoms with Crippen molar-refractivity contribution in [3.8, 4) is 33.8 Å². The van der Waals surface area contributed by atoms with Gasteiger partial charge in [-0.05, 0) is 73.1 Å². The highest BCUT2D eigenvalue weighted by molar-refractivity contribution is 5.87. The average Bonchev–Trinajstić information content (AvgIpc) is 3.04. The number of ether oxygens (including phenoxy) is 4. The lowest BCUT2D eigenvalue weighted by atomic mass is 9.82. The van der Waals surface area contributed by atoms with Gasteiger partial charge in [0.15, 0.2) is 0 Å². The molecule has 44 heavy (non-hydrogen) atoms. The number of carbonyl (C=O) groups excluding carboxylic acids is 2. The number of rotatable bonds is 14. The molecule has 1 saturated carbocycles. The lowest BCUT2D eigenvalue weighted by Gasteiger charge is -2.25. The molecule has 3 aromatic rings. The summed E-state index contributed by atoms with van der Waals surface area (Å²) in [6.45, 7) is 11.1. The van der Waals surface area contributed by atoms with Crippen molar-refractivity contribution in [2.45, 2.75) is 58.5 Å². The van der Waals surface area contributed by atoms with Crippen molar-refractivity contribution in [1.82, 2.24) is 0 Å². The number of aliphatic hydroxyl groups excluding tert-OH is 1. The Morgan fingerprint density at radius 3 is 1.95 bits per heavy atom. The maximum Gasteiger partial charge on any atom is 0.333 e. The zero-order valence-electron chi connectivity index (χ0n) is 25.7. The monoisotopic (exact) mass is 598 g/mol. The molecule has 1 aliphatic rings. The molecule has 0 heterocycles. The SMILES string of the molecule is C=C(C)C(=O)OCCOc1cc(C2CCCCC2)cc(COC(=O)C(=C)C)c1-c1ccc(-c2ccc(OCCO)cc2)cc1. The Morgan fingerprint density at radius 2 is 1.34 bits per heavy atom. The quantitative estimate of drug-likeness (QED) is 0.116. The third-order valence-electron chi connectivity index (χ3n) is 7.63. The van der Waals surface area contributed by atoms with Crippen molar-refractivity contribution in [1.29, 1.82) is 0 Å².